The first-order chi connectivity index (χ1) is 18.7. The molecule has 0 radical (unpaired) electrons. The van der Waals surface area contributed by atoms with Crippen molar-refractivity contribution < 1.29 is 14.7 Å². The van der Waals surface area contributed by atoms with Gasteiger partial charge in [-0.2, -0.15) is 0 Å². The first kappa shape index (κ1) is 30.5. The van der Waals surface area contributed by atoms with Crippen molar-refractivity contribution in [3.8, 4) is 0 Å². The number of aliphatic imine (C=N–C) groups is 1. The van der Waals surface area contributed by atoms with Crippen LogP contribution in [-0.4, -0.2) is 106 Å². The molecule has 11 nitrogen and oxygen atoms in total. The Morgan fingerprint density at radius 2 is 2.00 bits per heavy atom. The fourth-order valence-electron chi connectivity index (χ4n) is 5.15. The number of aryl methyl sites for hydroxylation is 1. The van der Waals surface area contributed by atoms with Gasteiger partial charge in [0.05, 0.1) is 23.6 Å². The van der Waals surface area contributed by atoms with E-state index in [0.29, 0.717) is 41.6 Å². The van der Waals surface area contributed by atoms with Crippen LogP contribution in [0.5, 0.6) is 0 Å². The topological polar surface area (TPSA) is 140 Å². The van der Waals surface area contributed by atoms with Crippen molar-refractivity contribution in [1.29, 1.82) is 0 Å². The van der Waals surface area contributed by atoms with Crippen LogP contribution in [0.1, 0.15) is 49.3 Å². The van der Waals surface area contributed by atoms with Crippen molar-refractivity contribution in [2.24, 2.45) is 10.7 Å². The molecule has 4 N–H and O–H groups in total. The van der Waals surface area contributed by atoms with Crippen molar-refractivity contribution >= 4 is 34.4 Å². The van der Waals surface area contributed by atoms with Crippen LogP contribution in [0.15, 0.2) is 35.1 Å². The molecular weight excluding hydrogens is 520 g/mol. The van der Waals surface area contributed by atoms with Crippen LogP contribution in [0.4, 0.5) is 5.82 Å². The first-order valence-electron chi connectivity index (χ1n) is 13.5. The molecule has 2 aliphatic heterocycles. The van der Waals surface area contributed by atoms with Crippen molar-refractivity contribution in [2.45, 2.75) is 58.2 Å². The zero-order valence-electron chi connectivity index (χ0n) is 23.3. The summed E-state index contributed by atoms with van der Waals surface area (Å²) < 4.78 is 0. The second-order valence-corrected chi connectivity index (χ2v) is 10.4. The predicted molar refractivity (Wildman–Crippen MR) is 154 cm³/mol. The van der Waals surface area contributed by atoms with Crippen LogP contribution >= 0.6 is 11.6 Å². The number of piperidine rings is 1. The summed E-state index contributed by atoms with van der Waals surface area (Å²) >= 11 is 5.92. The number of aliphatic hydroxyl groups is 1. The van der Waals surface area contributed by atoms with Gasteiger partial charge in [0, 0.05) is 64.6 Å². The number of aliphatic hydroxyl groups excluding tert-OH is 1. The van der Waals surface area contributed by atoms with E-state index in [1.54, 1.807) is 26.1 Å². The van der Waals surface area contributed by atoms with Gasteiger partial charge in [-0.25, -0.2) is 9.97 Å². The largest absolute Gasteiger partial charge is 0.404 e. The molecule has 2 saturated heterocycles. The predicted octanol–water partition coefficient (Wildman–Crippen LogP) is 1.45. The third-order valence-electron chi connectivity index (χ3n) is 7.27. The Morgan fingerprint density at radius 3 is 2.59 bits per heavy atom. The highest BCUT2D eigenvalue weighted by atomic mass is 35.5. The number of nitrogens with two attached hydrogens (primary N) is 1. The molecule has 2 amide bonds. The van der Waals surface area contributed by atoms with Gasteiger partial charge < -0.3 is 26.0 Å². The van der Waals surface area contributed by atoms with Crippen LogP contribution in [0, 0.1) is 6.92 Å². The van der Waals surface area contributed by atoms with Crippen molar-refractivity contribution in [1.82, 2.24) is 25.1 Å². The minimum absolute atomic E-state index is 0.0957. The zero-order chi connectivity index (χ0) is 28.5. The SMILES string of the molecule is CCC1CN(c2ncc(C(=O)NCC(C)O)nc2C)CCN1C1CCN(C(=O)C(/C=C\C(Cl)=NC)=C\N)CC1. The van der Waals surface area contributed by atoms with Gasteiger partial charge in [0.25, 0.3) is 11.8 Å². The summed E-state index contributed by atoms with van der Waals surface area (Å²) in [6.07, 6.45) is 8.16. The Hall–Kier alpha value is -3.02. The summed E-state index contributed by atoms with van der Waals surface area (Å²) in [5.74, 6) is 0.354. The number of nitrogens with zero attached hydrogens (tertiary/aromatic N) is 6. The van der Waals surface area contributed by atoms with Gasteiger partial charge in [-0.3, -0.25) is 19.5 Å². The summed E-state index contributed by atoms with van der Waals surface area (Å²) in [5, 5.41) is 12.4. The second-order valence-electron chi connectivity index (χ2n) is 9.99. The molecule has 2 aliphatic rings. The van der Waals surface area contributed by atoms with Crippen LogP contribution < -0.4 is 16.0 Å². The summed E-state index contributed by atoms with van der Waals surface area (Å²) in [7, 11) is 1.58. The molecule has 0 spiro atoms. The molecule has 214 valence electrons. The maximum absolute atomic E-state index is 13.0. The smallest absolute Gasteiger partial charge is 0.271 e. The van der Waals surface area contributed by atoms with Crippen molar-refractivity contribution in [2.75, 3.05) is 51.2 Å². The van der Waals surface area contributed by atoms with Crippen molar-refractivity contribution in [3.05, 3.63) is 41.5 Å². The number of halogens is 1. The van der Waals surface area contributed by atoms with Crippen LogP contribution in [0.25, 0.3) is 0 Å². The number of allylic oxidation sites excluding steroid dienone is 1. The lowest BCUT2D eigenvalue weighted by molar-refractivity contribution is -0.128. The van der Waals surface area contributed by atoms with E-state index in [1.165, 1.54) is 12.4 Å². The van der Waals surface area contributed by atoms with Gasteiger partial charge in [-0.1, -0.05) is 18.5 Å². The molecule has 0 bridgehead atoms. The number of nitrogens with one attached hydrogen (secondary N) is 1. The van der Waals surface area contributed by atoms with Crippen molar-refractivity contribution in [3.63, 3.8) is 0 Å². The number of carbonyl (C=O) groups is 2. The van der Waals surface area contributed by atoms with E-state index in [4.69, 9.17) is 17.3 Å². The maximum atomic E-state index is 13.0. The van der Waals surface area contributed by atoms with Gasteiger partial charge in [0.2, 0.25) is 0 Å². The lowest BCUT2D eigenvalue weighted by atomic mass is 9.97. The van der Waals surface area contributed by atoms with Crippen LogP contribution in [0.3, 0.4) is 0 Å². The zero-order valence-corrected chi connectivity index (χ0v) is 24.1. The molecule has 1 aromatic heterocycles. The molecule has 0 aromatic carbocycles. The van der Waals surface area contributed by atoms with Gasteiger partial charge in [0.15, 0.2) is 0 Å². The third kappa shape index (κ3) is 8.00. The summed E-state index contributed by atoms with van der Waals surface area (Å²) in [5.41, 5.74) is 7.06. The monoisotopic (exact) mass is 560 g/mol. The highest BCUT2D eigenvalue weighted by Crippen LogP contribution is 2.27. The molecule has 2 unspecified atom stereocenters. The van der Waals surface area contributed by atoms with Gasteiger partial charge in [-0.05, 0) is 45.3 Å². The van der Waals surface area contributed by atoms with Crippen LogP contribution in [0.2, 0.25) is 0 Å². The molecule has 3 heterocycles. The van der Waals surface area contributed by atoms with E-state index < -0.39 is 6.10 Å². The number of likely N-dealkylation sites (tertiary alicyclic amines) is 1. The normalized spacial score (nSPS) is 20.9. The number of anilines is 1. The van der Waals surface area contributed by atoms with Gasteiger partial charge >= 0.3 is 0 Å². The molecule has 3 rings (SSSR count). The van der Waals surface area contributed by atoms with E-state index in [0.717, 1.165) is 44.7 Å². The van der Waals surface area contributed by atoms with E-state index in [2.05, 4.69) is 37.0 Å². The number of carbonyl (C=O) groups excluding carboxylic acids is 2. The highest BCUT2D eigenvalue weighted by molar-refractivity contribution is 6.68. The molecule has 0 aliphatic carbocycles. The van der Waals surface area contributed by atoms with E-state index >= 15 is 0 Å². The number of amides is 2. The quantitative estimate of drug-likeness (QED) is 0.234. The number of rotatable bonds is 9. The molecule has 12 heteroatoms. The Bertz CT molecular complexity index is 1100. The number of hydrogen-bond acceptors (Lipinski definition) is 9. The average molecular weight is 561 g/mol. The summed E-state index contributed by atoms with van der Waals surface area (Å²) in [6.45, 7) is 9.71. The average Bonchev–Trinajstić information content (AvgIpc) is 2.95. The third-order valence-corrected chi connectivity index (χ3v) is 7.57. The first-order valence-corrected chi connectivity index (χ1v) is 13.9. The Labute approximate surface area is 235 Å². The molecule has 2 fully saturated rings. The highest BCUT2D eigenvalue weighted by Gasteiger charge is 2.35. The summed E-state index contributed by atoms with van der Waals surface area (Å²) in [4.78, 5) is 44.9. The summed E-state index contributed by atoms with van der Waals surface area (Å²) in [6, 6.07) is 0.745. The van der Waals surface area contributed by atoms with E-state index in [9.17, 15) is 14.7 Å². The number of hydrogen-bond donors (Lipinski definition) is 3. The standard InChI is InChI=1S/C27H41ClN8O3/c1-5-21-17-35(25-19(3)33-23(16-31-25)26(38)32-15-18(2)37)12-13-36(21)22-8-10-34(11-9-22)27(39)20(14-29)6-7-24(28)30-4/h6-7,14,16,18,21-22,37H,5,8-13,15,17,29H2,1-4H3,(H,32,38)/b7-6-,20-14-,30-24?. The molecule has 0 saturated carbocycles. The van der Waals surface area contributed by atoms with Gasteiger partial charge in [0.1, 0.15) is 16.7 Å². The maximum Gasteiger partial charge on any atom is 0.271 e. The number of piperazine rings is 1. The minimum atomic E-state index is -0.625. The second kappa shape index (κ2) is 14.4. The molecular formula is C27H41ClN8O3. The lowest BCUT2D eigenvalue weighted by Crippen LogP contribution is -2.59. The number of aromatic nitrogens is 2. The van der Waals surface area contributed by atoms with E-state index in [-0.39, 0.29) is 24.1 Å². The minimum Gasteiger partial charge on any atom is -0.404 e. The molecule has 39 heavy (non-hydrogen) atoms. The fourth-order valence-corrected chi connectivity index (χ4v) is 5.21. The molecule has 2 atom stereocenters. The Balaban J connectivity index is 1.58. The lowest BCUT2D eigenvalue weighted by Gasteiger charge is -2.47. The fraction of sp³-hybridized carbons (Fsp3) is 0.593. The molecule has 1 aromatic rings. The Morgan fingerprint density at radius 1 is 1.28 bits per heavy atom. The van der Waals surface area contributed by atoms with E-state index in [1.807, 2.05) is 11.8 Å². The van der Waals surface area contributed by atoms with Crippen LogP contribution in [-0.2, 0) is 4.79 Å². The van der Waals surface area contributed by atoms with Gasteiger partial charge in [-0.15, -0.1) is 0 Å². The Kier molecular flexibility index (Phi) is 11.3.